The Hall–Kier alpha value is -1.42. The lowest BCUT2D eigenvalue weighted by molar-refractivity contribution is -0.146. The Morgan fingerprint density at radius 2 is 0.738 bits per heavy atom. The van der Waals surface area contributed by atoms with Crippen LogP contribution < -0.4 is 0 Å². The molecule has 0 atom stereocenters. The van der Waals surface area contributed by atoms with Gasteiger partial charge in [-0.3, -0.25) is 4.79 Å². The van der Waals surface area contributed by atoms with Gasteiger partial charge in [0.25, 0.3) is 0 Å². The van der Waals surface area contributed by atoms with E-state index in [1.807, 2.05) is 0 Å². The molecule has 0 aliphatic rings. The highest BCUT2D eigenvalue weighted by atomic mass is 16.6. The standard InChI is InChI=1S/C29H56O13/c1-3-4-5-6-7-8-28(30)42-26-25-40-22-21-38-18-17-36-14-13-34-10-9-33-11-12-35-15-16-37-19-20-39-23-24-41-27-29(31)32-2/h3-27H2,1-2H3. The van der Waals surface area contributed by atoms with Gasteiger partial charge in [-0.05, 0) is 6.42 Å². The molecule has 42 heavy (non-hydrogen) atoms. The maximum absolute atomic E-state index is 11.6. The highest BCUT2D eigenvalue weighted by molar-refractivity contribution is 5.70. The molecule has 0 aliphatic heterocycles. The Balaban J connectivity index is 3.10. The van der Waals surface area contributed by atoms with E-state index in [1.165, 1.54) is 26.4 Å². The van der Waals surface area contributed by atoms with E-state index >= 15 is 0 Å². The lowest BCUT2D eigenvalue weighted by atomic mass is 10.1. The van der Waals surface area contributed by atoms with Gasteiger partial charge in [-0.15, -0.1) is 0 Å². The number of ether oxygens (including phenoxy) is 11. The summed E-state index contributed by atoms with van der Waals surface area (Å²) in [5, 5.41) is 0. The smallest absolute Gasteiger partial charge is 0.331 e. The molecule has 0 N–H and O–H groups in total. The average molecular weight is 613 g/mol. The van der Waals surface area contributed by atoms with Crippen molar-refractivity contribution >= 4 is 11.9 Å². The van der Waals surface area contributed by atoms with Crippen LogP contribution in [0.25, 0.3) is 0 Å². The Morgan fingerprint density at radius 3 is 1.10 bits per heavy atom. The van der Waals surface area contributed by atoms with E-state index in [4.69, 9.17) is 47.4 Å². The molecule has 0 heterocycles. The van der Waals surface area contributed by atoms with Crippen LogP contribution in [0.1, 0.15) is 45.4 Å². The molecule has 0 aromatic heterocycles. The van der Waals surface area contributed by atoms with E-state index in [9.17, 15) is 9.59 Å². The maximum atomic E-state index is 11.6. The zero-order valence-corrected chi connectivity index (χ0v) is 26.0. The molecule has 0 saturated heterocycles. The van der Waals surface area contributed by atoms with Gasteiger partial charge in [0.05, 0.1) is 119 Å². The molecule has 0 aliphatic carbocycles. The minimum Gasteiger partial charge on any atom is -0.467 e. The van der Waals surface area contributed by atoms with Crippen molar-refractivity contribution in [1.29, 1.82) is 0 Å². The van der Waals surface area contributed by atoms with Gasteiger partial charge >= 0.3 is 11.9 Å². The summed E-state index contributed by atoms with van der Waals surface area (Å²) < 4.78 is 58.0. The third-order valence-electron chi connectivity index (χ3n) is 5.40. The number of esters is 2. The molecule has 0 aromatic carbocycles. The second-order valence-electron chi connectivity index (χ2n) is 8.91. The molecular formula is C29H56O13. The number of hydrogen-bond acceptors (Lipinski definition) is 13. The fourth-order valence-corrected chi connectivity index (χ4v) is 3.13. The molecule has 13 nitrogen and oxygen atoms in total. The molecule has 0 bridgehead atoms. The van der Waals surface area contributed by atoms with Crippen molar-refractivity contribution in [3.05, 3.63) is 0 Å². The van der Waals surface area contributed by atoms with Gasteiger partial charge < -0.3 is 52.1 Å². The van der Waals surface area contributed by atoms with Gasteiger partial charge in [-0.1, -0.05) is 32.6 Å². The van der Waals surface area contributed by atoms with E-state index in [0.717, 1.165) is 12.8 Å². The van der Waals surface area contributed by atoms with Gasteiger partial charge in [0, 0.05) is 6.42 Å². The molecule has 0 rings (SSSR count). The van der Waals surface area contributed by atoms with Crippen LogP contribution in [-0.4, -0.2) is 145 Å². The van der Waals surface area contributed by atoms with Crippen molar-refractivity contribution < 1.29 is 61.7 Å². The fraction of sp³-hybridized carbons (Fsp3) is 0.931. The van der Waals surface area contributed by atoms with Crippen LogP contribution in [0.5, 0.6) is 0 Å². The number of unbranched alkanes of at least 4 members (excludes halogenated alkanes) is 4. The zero-order chi connectivity index (χ0) is 30.6. The van der Waals surface area contributed by atoms with Crippen molar-refractivity contribution in [2.45, 2.75) is 45.4 Å². The number of methoxy groups -OCH3 is 1. The van der Waals surface area contributed by atoms with Gasteiger partial charge in [0.1, 0.15) is 13.2 Å². The van der Waals surface area contributed by atoms with E-state index in [2.05, 4.69) is 11.7 Å². The summed E-state index contributed by atoms with van der Waals surface area (Å²) in [7, 11) is 1.31. The van der Waals surface area contributed by atoms with Gasteiger partial charge in [0.2, 0.25) is 0 Å². The summed E-state index contributed by atoms with van der Waals surface area (Å²) in [5.74, 6) is -0.560. The van der Waals surface area contributed by atoms with E-state index in [1.54, 1.807) is 0 Å². The fourth-order valence-electron chi connectivity index (χ4n) is 3.13. The highest BCUT2D eigenvalue weighted by Gasteiger charge is 2.02. The molecule has 0 fully saturated rings. The van der Waals surface area contributed by atoms with Crippen molar-refractivity contribution in [2.24, 2.45) is 0 Å². The number of rotatable bonds is 35. The van der Waals surface area contributed by atoms with Crippen LogP contribution >= 0.6 is 0 Å². The zero-order valence-electron chi connectivity index (χ0n) is 26.0. The van der Waals surface area contributed by atoms with Gasteiger partial charge in [-0.2, -0.15) is 0 Å². The molecule has 0 aromatic rings. The molecule has 0 saturated carbocycles. The lowest BCUT2D eigenvalue weighted by Crippen LogP contribution is -2.16. The van der Waals surface area contributed by atoms with Crippen LogP contribution in [0, 0.1) is 0 Å². The summed E-state index contributed by atoms with van der Waals surface area (Å²) >= 11 is 0. The monoisotopic (exact) mass is 612 g/mol. The SMILES string of the molecule is CCCCCCCC(=O)OCCOCCOCCOCCOCCOCCOCCOCCOCCOCC(=O)OC. The van der Waals surface area contributed by atoms with Crippen LogP contribution in [0.4, 0.5) is 0 Å². The minimum absolute atomic E-state index is 0.0715. The second kappa shape index (κ2) is 35.8. The average Bonchev–Trinajstić information content (AvgIpc) is 3.00. The van der Waals surface area contributed by atoms with E-state index in [0.29, 0.717) is 119 Å². The third kappa shape index (κ3) is 34.8. The topological polar surface area (TPSA) is 136 Å². The number of carbonyl (C=O) groups excluding carboxylic acids is 2. The Morgan fingerprint density at radius 1 is 0.405 bits per heavy atom. The van der Waals surface area contributed by atoms with Crippen LogP contribution in [0.15, 0.2) is 0 Å². The quantitative estimate of drug-likeness (QED) is 0.0765. The summed E-state index contributed by atoms with van der Waals surface area (Å²) in [4.78, 5) is 22.4. The maximum Gasteiger partial charge on any atom is 0.331 e. The normalized spacial score (nSPS) is 11.2. The van der Waals surface area contributed by atoms with E-state index in [-0.39, 0.29) is 19.2 Å². The highest BCUT2D eigenvalue weighted by Crippen LogP contribution is 2.05. The minimum atomic E-state index is -0.409. The van der Waals surface area contributed by atoms with Crippen molar-refractivity contribution in [3.8, 4) is 0 Å². The molecule has 0 unspecified atom stereocenters. The predicted octanol–water partition coefficient (Wildman–Crippen LogP) is 2.21. The van der Waals surface area contributed by atoms with Crippen LogP contribution in [-0.2, 0) is 61.7 Å². The van der Waals surface area contributed by atoms with Crippen LogP contribution in [0.2, 0.25) is 0 Å². The second-order valence-corrected chi connectivity index (χ2v) is 8.91. The summed E-state index contributed by atoms with van der Waals surface area (Å²) in [5.41, 5.74) is 0. The van der Waals surface area contributed by atoms with Gasteiger partial charge in [0.15, 0.2) is 0 Å². The first-order valence-electron chi connectivity index (χ1n) is 15.1. The molecule has 250 valence electrons. The summed E-state index contributed by atoms with van der Waals surface area (Å²) in [6.45, 7) is 10.1. The first-order valence-corrected chi connectivity index (χ1v) is 15.1. The first kappa shape index (κ1) is 40.6. The predicted molar refractivity (Wildman–Crippen MR) is 154 cm³/mol. The van der Waals surface area contributed by atoms with Crippen molar-refractivity contribution in [2.75, 3.05) is 133 Å². The Labute approximate surface area is 252 Å². The molecule has 0 spiro atoms. The number of hydrogen-bond donors (Lipinski definition) is 0. The van der Waals surface area contributed by atoms with Crippen molar-refractivity contribution in [1.82, 2.24) is 0 Å². The molecule has 0 radical (unpaired) electrons. The first-order chi connectivity index (χ1) is 20.7. The van der Waals surface area contributed by atoms with Crippen LogP contribution in [0.3, 0.4) is 0 Å². The molecular weight excluding hydrogens is 556 g/mol. The number of carbonyl (C=O) groups is 2. The largest absolute Gasteiger partial charge is 0.467 e. The Bertz CT molecular complexity index is 566. The Kier molecular flexibility index (Phi) is 34.6. The summed E-state index contributed by atoms with van der Waals surface area (Å²) in [6.07, 6.45) is 6.06. The molecule has 0 amide bonds. The van der Waals surface area contributed by atoms with Gasteiger partial charge in [-0.25, -0.2) is 4.79 Å². The molecule has 13 heteroatoms. The third-order valence-corrected chi connectivity index (χ3v) is 5.40. The summed E-state index contributed by atoms with van der Waals surface area (Å²) in [6, 6.07) is 0. The van der Waals surface area contributed by atoms with E-state index < -0.39 is 5.97 Å². The lowest BCUT2D eigenvalue weighted by Gasteiger charge is -2.09. The van der Waals surface area contributed by atoms with Crippen molar-refractivity contribution in [3.63, 3.8) is 0 Å².